The van der Waals surface area contributed by atoms with Crippen LogP contribution in [0.2, 0.25) is 0 Å². The van der Waals surface area contributed by atoms with E-state index in [1.807, 2.05) is 63.4 Å². The van der Waals surface area contributed by atoms with Gasteiger partial charge in [-0.3, -0.25) is 4.21 Å². The smallest absolute Gasteiger partial charge is 0.0577 e. The molecule has 2 rings (SSSR count). The van der Waals surface area contributed by atoms with Crippen molar-refractivity contribution in [2.45, 2.75) is 30.0 Å². The first kappa shape index (κ1) is 14.9. The zero-order chi connectivity index (χ0) is 14.5. The molecule has 20 heavy (non-hydrogen) atoms. The highest BCUT2D eigenvalue weighted by Crippen LogP contribution is 2.24. The molecule has 0 saturated heterocycles. The predicted octanol–water partition coefficient (Wildman–Crippen LogP) is 3.45. The first-order valence-electron chi connectivity index (χ1n) is 6.83. The lowest BCUT2D eigenvalue weighted by molar-refractivity contribution is 0.570. The van der Waals surface area contributed by atoms with Crippen LogP contribution in [0.15, 0.2) is 59.5 Å². The normalized spacial score (nSPS) is 15.6. The lowest BCUT2D eigenvalue weighted by atomic mass is 10.0. The second-order valence-corrected chi connectivity index (χ2v) is 6.80. The molecule has 0 amide bonds. The Morgan fingerprint density at radius 1 is 1.00 bits per heavy atom. The summed E-state index contributed by atoms with van der Waals surface area (Å²) < 4.78 is 12.7. The summed E-state index contributed by atoms with van der Waals surface area (Å²) in [6.07, 6.45) is 0. The van der Waals surface area contributed by atoms with Crippen LogP contribution in [0.25, 0.3) is 0 Å². The molecule has 0 radical (unpaired) electrons. The van der Waals surface area contributed by atoms with Gasteiger partial charge >= 0.3 is 0 Å². The van der Waals surface area contributed by atoms with Crippen molar-refractivity contribution in [2.75, 3.05) is 7.05 Å². The largest absolute Gasteiger partial charge is 0.312 e. The molecule has 0 heterocycles. The van der Waals surface area contributed by atoms with Crippen molar-refractivity contribution >= 4 is 10.8 Å². The summed E-state index contributed by atoms with van der Waals surface area (Å²) in [5.41, 5.74) is 2.36. The fourth-order valence-electron chi connectivity index (χ4n) is 2.34. The van der Waals surface area contributed by atoms with Crippen LogP contribution in [0, 0.1) is 6.92 Å². The molecule has 0 aromatic heterocycles. The van der Waals surface area contributed by atoms with Gasteiger partial charge in [-0.1, -0.05) is 48.0 Å². The van der Waals surface area contributed by atoms with Crippen LogP contribution in [-0.4, -0.2) is 16.5 Å². The van der Waals surface area contributed by atoms with Crippen molar-refractivity contribution in [1.29, 1.82) is 0 Å². The maximum Gasteiger partial charge on any atom is 0.0577 e. The molecule has 2 nitrogen and oxygen atoms in total. The molecule has 0 aliphatic carbocycles. The standard InChI is InChI=1S/C17H21NOS/c1-13-9-11-16(12-10-13)20(19)14(2)17(18-3)15-7-5-4-6-8-15/h4-12,14,17-18H,1-3H3. The topological polar surface area (TPSA) is 29.1 Å². The fraction of sp³-hybridized carbons (Fsp3) is 0.294. The van der Waals surface area contributed by atoms with Crippen LogP contribution >= 0.6 is 0 Å². The van der Waals surface area contributed by atoms with Crippen molar-refractivity contribution in [2.24, 2.45) is 0 Å². The second-order valence-electron chi connectivity index (χ2n) is 4.99. The summed E-state index contributed by atoms with van der Waals surface area (Å²) in [6.45, 7) is 4.07. The average Bonchev–Trinajstić information content (AvgIpc) is 2.49. The van der Waals surface area contributed by atoms with Crippen LogP contribution in [0.5, 0.6) is 0 Å². The Bertz CT molecular complexity index is 565. The Morgan fingerprint density at radius 3 is 2.15 bits per heavy atom. The van der Waals surface area contributed by atoms with Crippen molar-refractivity contribution in [3.8, 4) is 0 Å². The summed E-state index contributed by atoms with van der Waals surface area (Å²) in [4.78, 5) is 0.888. The molecule has 3 unspecified atom stereocenters. The Kier molecular flexibility index (Phi) is 5.10. The summed E-state index contributed by atoms with van der Waals surface area (Å²) in [5.74, 6) is 0. The number of benzene rings is 2. The predicted molar refractivity (Wildman–Crippen MR) is 85.3 cm³/mol. The van der Waals surface area contributed by atoms with Gasteiger partial charge in [-0.25, -0.2) is 0 Å². The first-order valence-corrected chi connectivity index (χ1v) is 8.04. The van der Waals surface area contributed by atoms with E-state index in [1.165, 1.54) is 11.1 Å². The number of aryl methyl sites for hydroxylation is 1. The summed E-state index contributed by atoms with van der Waals surface area (Å²) in [6, 6.07) is 18.2. The van der Waals surface area contributed by atoms with Crippen molar-refractivity contribution < 1.29 is 4.21 Å². The third-order valence-electron chi connectivity index (χ3n) is 3.53. The molecule has 0 bridgehead atoms. The molecule has 2 aromatic carbocycles. The fourth-order valence-corrected chi connectivity index (χ4v) is 3.72. The van der Waals surface area contributed by atoms with E-state index in [9.17, 15) is 4.21 Å². The van der Waals surface area contributed by atoms with E-state index in [4.69, 9.17) is 0 Å². The van der Waals surface area contributed by atoms with Crippen LogP contribution in [0.4, 0.5) is 0 Å². The van der Waals surface area contributed by atoms with Gasteiger partial charge in [0.2, 0.25) is 0 Å². The van der Waals surface area contributed by atoms with Crippen molar-refractivity contribution in [3.05, 3.63) is 65.7 Å². The minimum Gasteiger partial charge on any atom is -0.312 e. The van der Waals surface area contributed by atoms with Gasteiger partial charge in [0.1, 0.15) is 0 Å². The van der Waals surface area contributed by atoms with Crippen LogP contribution in [-0.2, 0) is 10.8 Å². The molecule has 3 heteroatoms. The molecule has 0 aliphatic heterocycles. The molecule has 0 aliphatic rings. The van der Waals surface area contributed by atoms with Gasteiger partial charge in [-0.05, 0) is 38.6 Å². The lowest BCUT2D eigenvalue weighted by Gasteiger charge is -2.23. The maximum absolute atomic E-state index is 12.7. The Labute approximate surface area is 123 Å². The molecular formula is C17H21NOS. The van der Waals surface area contributed by atoms with Crippen LogP contribution < -0.4 is 5.32 Å². The van der Waals surface area contributed by atoms with E-state index in [0.29, 0.717) is 0 Å². The first-order chi connectivity index (χ1) is 9.63. The maximum atomic E-state index is 12.7. The van der Waals surface area contributed by atoms with E-state index >= 15 is 0 Å². The summed E-state index contributed by atoms with van der Waals surface area (Å²) in [5, 5.41) is 3.29. The van der Waals surface area contributed by atoms with Gasteiger partial charge < -0.3 is 5.32 Å². The number of rotatable bonds is 5. The molecule has 0 fully saturated rings. The highest BCUT2D eigenvalue weighted by Gasteiger charge is 2.23. The monoisotopic (exact) mass is 287 g/mol. The van der Waals surface area contributed by atoms with Crippen LogP contribution in [0.3, 0.4) is 0 Å². The van der Waals surface area contributed by atoms with Gasteiger partial charge in [0.05, 0.1) is 16.0 Å². The molecular weight excluding hydrogens is 266 g/mol. The van der Waals surface area contributed by atoms with Gasteiger partial charge in [0.15, 0.2) is 0 Å². The SMILES string of the molecule is CNC(c1ccccc1)C(C)S(=O)c1ccc(C)cc1. The molecule has 106 valence electrons. The van der Waals surface area contributed by atoms with Gasteiger partial charge in [-0.2, -0.15) is 0 Å². The van der Waals surface area contributed by atoms with E-state index in [0.717, 1.165) is 4.90 Å². The van der Waals surface area contributed by atoms with Crippen molar-refractivity contribution in [1.82, 2.24) is 5.32 Å². The average molecular weight is 287 g/mol. The van der Waals surface area contributed by atoms with Gasteiger partial charge in [0.25, 0.3) is 0 Å². The minimum absolute atomic E-state index is 0.00473. The highest BCUT2D eigenvalue weighted by molar-refractivity contribution is 7.85. The third-order valence-corrected chi connectivity index (χ3v) is 5.21. The third kappa shape index (κ3) is 3.35. The van der Waals surface area contributed by atoms with E-state index in [-0.39, 0.29) is 11.3 Å². The van der Waals surface area contributed by atoms with Crippen LogP contribution in [0.1, 0.15) is 24.1 Å². The van der Waals surface area contributed by atoms with E-state index in [2.05, 4.69) is 17.4 Å². The van der Waals surface area contributed by atoms with Gasteiger partial charge in [-0.15, -0.1) is 0 Å². The highest BCUT2D eigenvalue weighted by atomic mass is 32.2. The quantitative estimate of drug-likeness (QED) is 0.912. The Hall–Kier alpha value is -1.45. The molecule has 3 atom stereocenters. The number of hydrogen-bond donors (Lipinski definition) is 1. The molecule has 0 saturated carbocycles. The molecule has 2 aromatic rings. The Balaban J connectivity index is 2.22. The van der Waals surface area contributed by atoms with E-state index in [1.54, 1.807) is 0 Å². The lowest BCUT2D eigenvalue weighted by Crippen LogP contribution is -2.30. The number of nitrogens with one attached hydrogen (secondary N) is 1. The summed E-state index contributed by atoms with van der Waals surface area (Å²) >= 11 is 0. The minimum atomic E-state index is -1.03. The van der Waals surface area contributed by atoms with Gasteiger partial charge in [0, 0.05) is 10.9 Å². The molecule has 0 spiro atoms. The molecule has 1 N–H and O–H groups in total. The second kappa shape index (κ2) is 6.82. The van der Waals surface area contributed by atoms with Crippen molar-refractivity contribution in [3.63, 3.8) is 0 Å². The summed E-state index contributed by atoms with van der Waals surface area (Å²) in [7, 11) is 0.888. The zero-order valence-electron chi connectivity index (χ0n) is 12.2. The Morgan fingerprint density at radius 2 is 1.60 bits per heavy atom. The zero-order valence-corrected chi connectivity index (χ0v) is 13.0. The number of hydrogen-bond acceptors (Lipinski definition) is 2. The van der Waals surface area contributed by atoms with E-state index < -0.39 is 10.8 Å².